The third kappa shape index (κ3) is 3.81. The van der Waals surface area contributed by atoms with Gasteiger partial charge in [-0.15, -0.1) is 0 Å². The highest BCUT2D eigenvalue weighted by Crippen LogP contribution is 2.29. The molecular weight excluding hydrogens is 312 g/mol. The zero-order valence-electron chi connectivity index (χ0n) is 12.9. The molecule has 6 heteroatoms. The summed E-state index contributed by atoms with van der Waals surface area (Å²) >= 11 is 6.31. The predicted octanol–water partition coefficient (Wildman–Crippen LogP) is 4.70. The molecule has 0 saturated heterocycles. The van der Waals surface area contributed by atoms with E-state index in [4.69, 9.17) is 16.0 Å². The summed E-state index contributed by atoms with van der Waals surface area (Å²) < 4.78 is 5.28. The average molecular weight is 329 g/mol. The summed E-state index contributed by atoms with van der Waals surface area (Å²) in [4.78, 5) is 8.68. The number of furan rings is 1. The van der Waals surface area contributed by atoms with Crippen LogP contribution in [0.5, 0.6) is 0 Å². The van der Waals surface area contributed by atoms with Crippen LogP contribution in [0.4, 0.5) is 17.5 Å². The second kappa shape index (κ2) is 6.71. The smallest absolute Gasteiger partial charge is 0.229 e. The molecule has 2 N–H and O–H groups in total. The molecule has 3 rings (SSSR count). The van der Waals surface area contributed by atoms with Crippen LogP contribution in [0.15, 0.2) is 47.2 Å². The molecule has 2 aromatic heterocycles. The summed E-state index contributed by atoms with van der Waals surface area (Å²) in [5, 5.41) is 7.03. The first-order chi connectivity index (χ1) is 11.1. The van der Waals surface area contributed by atoms with E-state index in [1.165, 1.54) is 0 Å². The van der Waals surface area contributed by atoms with Gasteiger partial charge in [-0.2, -0.15) is 4.98 Å². The molecule has 1 aromatic carbocycles. The maximum atomic E-state index is 6.31. The van der Waals surface area contributed by atoms with Gasteiger partial charge in [0.15, 0.2) is 0 Å². The van der Waals surface area contributed by atoms with Crippen molar-refractivity contribution in [1.29, 1.82) is 0 Å². The number of anilines is 3. The molecule has 0 aliphatic heterocycles. The number of nitrogens with one attached hydrogen (secondary N) is 2. The lowest BCUT2D eigenvalue weighted by Gasteiger charge is -2.12. The highest BCUT2D eigenvalue weighted by Gasteiger charge is 2.08. The van der Waals surface area contributed by atoms with Crippen LogP contribution < -0.4 is 10.6 Å². The Morgan fingerprint density at radius 2 is 2.09 bits per heavy atom. The minimum Gasteiger partial charge on any atom is -0.467 e. The fraction of sp³-hybridized carbons (Fsp3) is 0.176. The molecule has 0 fully saturated rings. The standard InChI is InChI=1S/C17H17ClN4O/c1-11-8-12(2)16(14(18)9-11)22-17-19-6-5-15(21-17)20-10-13-4-3-7-23-13/h3-9H,10H2,1-2H3,(H2,19,20,21,22). The molecular formula is C17H17ClN4O. The first-order valence-electron chi connectivity index (χ1n) is 7.25. The van der Waals surface area contributed by atoms with Crippen LogP contribution in [0.2, 0.25) is 5.02 Å². The van der Waals surface area contributed by atoms with Gasteiger partial charge in [-0.3, -0.25) is 0 Å². The summed E-state index contributed by atoms with van der Waals surface area (Å²) in [5.41, 5.74) is 2.99. The number of hydrogen-bond acceptors (Lipinski definition) is 5. The van der Waals surface area contributed by atoms with E-state index < -0.39 is 0 Å². The fourth-order valence-corrected chi connectivity index (χ4v) is 2.66. The summed E-state index contributed by atoms with van der Waals surface area (Å²) in [6, 6.07) is 9.54. The van der Waals surface area contributed by atoms with Gasteiger partial charge in [-0.05, 0) is 49.2 Å². The van der Waals surface area contributed by atoms with Crippen molar-refractivity contribution in [2.75, 3.05) is 10.6 Å². The van der Waals surface area contributed by atoms with Gasteiger partial charge in [0.2, 0.25) is 5.95 Å². The van der Waals surface area contributed by atoms with E-state index in [2.05, 4.69) is 26.7 Å². The Morgan fingerprint density at radius 1 is 1.22 bits per heavy atom. The van der Waals surface area contributed by atoms with Gasteiger partial charge in [0, 0.05) is 6.20 Å². The molecule has 23 heavy (non-hydrogen) atoms. The number of rotatable bonds is 5. The highest BCUT2D eigenvalue weighted by atomic mass is 35.5. The Labute approximate surface area is 139 Å². The summed E-state index contributed by atoms with van der Waals surface area (Å²) in [6.07, 6.45) is 3.34. The van der Waals surface area contributed by atoms with Crippen LogP contribution in [0, 0.1) is 13.8 Å². The van der Waals surface area contributed by atoms with E-state index >= 15 is 0 Å². The SMILES string of the molecule is Cc1cc(C)c(Nc2nccc(NCc3ccco3)n2)c(Cl)c1. The molecule has 0 radical (unpaired) electrons. The van der Waals surface area contributed by atoms with Crippen molar-refractivity contribution < 1.29 is 4.42 Å². The molecule has 0 aliphatic rings. The number of aromatic nitrogens is 2. The predicted molar refractivity (Wildman–Crippen MR) is 92.3 cm³/mol. The third-order valence-electron chi connectivity index (χ3n) is 3.35. The van der Waals surface area contributed by atoms with E-state index in [1.54, 1.807) is 18.5 Å². The molecule has 0 bridgehead atoms. The minimum absolute atomic E-state index is 0.489. The van der Waals surface area contributed by atoms with E-state index in [9.17, 15) is 0 Å². The van der Waals surface area contributed by atoms with Crippen molar-refractivity contribution in [1.82, 2.24) is 9.97 Å². The second-order valence-electron chi connectivity index (χ2n) is 5.26. The Balaban J connectivity index is 1.75. The zero-order chi connectivity index (χ0) is 16.2. The maximum Gasteiger partial charge on any atom is 0.229 e. The molecule has 0 saturated carbocycles. The van der Waals surface area contributed by atoms with E-state index in [0.717, 1.165) is 22.6 Å². The molecule has 3 aromatic rings. The lowest BCUT2D eigenvalue weighted by atomic mass is 10.1. The monoisotopic (exact) mass is 328 g/mol. The Bertz CT molecular complexity index is 779. The van der Waals surface area contributed by atoms with Crippen LogP contribution in [0.3, 0.4) is 0 Å². The lowest BCUT2D eigenvalue weighted by Crippen LogP contribution is -2.04. The topological polar surface area (TPSA) is 63.0 Å². The van der Waals surface area contributed by atoms with E-state index in [1.807, 2.05) is 32.0 Å². The van der Waals surface area contributed by atoms with Gasteiger partial charge in [0.25, 0.3) is 0 Å². The zero-order valence-corrected chi connectivity index (χ0v) is 13.7. The average Bonchev–Trinajstić information content (AvgIpc) is 3.03. The van der Waals surface area contributed by atoms with Gasteiger partial charge in [0.1, 0.15) is 11.6 Å². The van der Waals surface area contributed by atoms with Gasteiger partial charge >= 0.3 is 0 Å². The quantitative estimate of drug-likeness (QED) is 0.711. The molecule has 5 nitrogen and oxygen atoms in total. The van der Waals surface area contributed by atoms with Crippen LogP contribution >= 0.6 is 11.6 Å². The molecule has 0 amide bonds. The highest BCUT2D eigenvalue weighted by molar-refractivity contribution is 6.33. The molecule has 0 unspecified atom stereocenters. The normalized spacial score (nSPS) is 10.6. The molecule has 0 aliphatic carbocycles. The maximum absolute atomic E-state index is 6.31. The first kappa shape index (κ1) is 15.4. The van der Waals surface area contributed by atoms with Crippen LogP contribution in [0.25, 0.3) is 0 Å². The fourth-order valence-electron chi connectivity index (χ4n) is 2.29. The minimum atomic E-state index is 0.489. The lowest BCUT2D eigenvalue weighted by molar-refractivity contribution is 0.518. The Morgan fingerprint density at radius 3 is 2.83 bits per heavy atom. The van der Waals surface area contributed by atoms with Crippen molar-refractivity contribution in [2.45, 2.75) is 20.4 Å². The van der Waals surface area contributed by atoms with Crippen LogP contribution in [0.1, 0.15) is 16.9 Å². The van der Waals surface area contributed by atoms with Crippen molar-refractivity contribution in [3.8, 4) is 0 Å². The summed E-state index contributed by atoms with van der Waals surface area (Å²) in [7, 11) is 0. The van der Waals surface area contributed by atoms with Gasteiger partial charge < -0.3 is 15.1 Å². The number of hydrogen-bond donors (Lipinski definition) is 2. The van der Waals surface area contributed by atoms with Crippen LogP contribution in [-0.2, 0) is 6.54 Å². The number of nitrogens with zero attached hydrogens (tertiary/aromatic N) is 2. The Hall–Kier alpha value is -2.53. The van der Waals surface area contributed by atoms with Crippen molar-refractivity contribution >= 4 is 29.1 Å². The van der Waals surface area contributed by atoms with Gasteiger partial charge in [-0.25, -0.2) is 4.98 Å². The third-order valence-corrected chi connectivity index (χ3v) is 3.65. The second-order valence-corrected chi connectivity index (χ2v) is 5.67. The van der Waals surface area contributed by atoms with Crippen molar-refractivity contribution in [2.24, 2.45) is 0 Å². The van der Waals surface area contributed by atoms with E-state index in [0.29, 0.717) is 23.3 Å². The summed E-state index contributed by atoms with van der Waals surface area (Å²) in [5.74, 6) is 2.04. The molecule has 2 heterocycles. The van der Waals surface area contributed by atoms with Crippen LogP contribution in [-0.4, -0.2) is 9.97 Å². The van der Waals surface area contributed by atoms with Crippen molar-refractivity contribution in [3.05, 3.63) is 64.7 Å². The van der Waals surface area contributed by atoms with Crippen molar-refractivity contribution in [3.63, 3.8) is 0 Å². The number of benzene rings is 1. The molecule has 118 valence electrons. The first-order valence-corrected chi connectivity index (χ1v) is 7.62. The van der Waals surface area contributed by atoms with E-state index in [-0.39, 0.29) is 0 Å². The number of aryl methyl sites for hydroxylation is 2. The largest absolute Gasteiger partial charge is 0.467 e. The Kier molecular flexibility index (Phi) is 4.48. The van der Waals surface area contributed by atoms with Gasteiger partial charge in [0.05, 0.1) is 23.5 Å². The summed E-state index contributed by atoms with van der Waals surface area (Å²) in [6.45, 7) is 4.58. The van der Waals surface area contributed by atoms with Gasteiger partial charge in [-0.1, -0.05) is 17.7 Å². The molecule has 0 spiro atoms. The molecule has 0 atom stereocenters. The number of halogens is 1.